The van der Waals surface area contributed by atoms with E-state index in [-0.39, 0.29) is 17.2 Å². The Kier molecular flexibility index (Phi) is 9.66. The van der Waals surface area contributed by atoms with Gasteiger partial charge in [0.05, 0.1) is 9.82 Å². The van der Waals surface area contributed by atoms with E-state index in [1.807, 2.05) is 0 Å². The van der Waals surface area contributed by atoms with Gasteiger partial charge in [-0.3, -0.25) is 24.6 Å². The lowest BCUT2D eigenvalue weighted by molar-refractivity contribution is -0.384. The van der Waals surface area contributed by atoms with Crippen LogP contribution in [0, 0.1) is 17.0 Å². The molecule has 1 aliphatic heterocycles. The zero-order valence-corrected chi connectivity index (χ0v) is 24.3. The average Bonchev–Trinajstić information content (AvgIpc) is 3.00. The zero-order chi connectivity index (χ0) is 31.1. The Bertz CT molecular complexity index is 1690. The molecule has 3 aromatic rings. The van der Waals surface area contributed by atoms with Gasteiger partial charge in [0.2, 0.25) is 8.87 Å². The summed E-state index contributed by atoms with van der Waals surface area (Å²) in [5.74, 6) is -2.11. The number of rotatable bonds is 12. The summed E-state index contributed by atoms with van der Waals surface area (Å²) in [4.78, 5) is 50.0. The second-order valence-electron chi connectivity index (χ2n) is 9.13. The van der Waals surface area contributed by atoms with Crippen molar-refractivity contribution in [2.75, 3.05) is 6.61 Å². The van der Waals surface area contributed by atoms with Gasteiger partial charge < -0.3 is 14.8 Å². The van der Waals surface area contributed by atoms with Crippen LogP contribution in [0.15, 0.2) is 102 Å². The van der Waals surface area contributed by atoms with Crippen molar-refractivity contribution >= 4 is 43.1 Å². The SMILES string of the molecule is C=C=C(C(=O)OCc1ccc([N+](=O)[O-])cc1)N1C(=O)[C@@H](NC(=O)COc2ccccc2)[C@H]1SS(=O)(=O)c1ccc(C)cc1. The third-order valence-electron chi connectivity index (χ3n) is 6.13. The van der Waals surface area contributed by atoms with Gasteiger partial charge in [-0.25, -0.2) is 13.2 Å². The highest BCUT2D eigenvalue weighted by Crippen LogP contribution is 2.39. The number of nitro groups is 1. The first-order valence-electron chi connectivity index (χ1n) is 12.6. The minimum Gasteiger partial charge on any atom is -0.484 e. The lowest BCUT2D eigenvalue weighted by Gasteiger charge is -2.45. The Morgan fingerprint density at radius 1 is 1.07 bits per heavy atom. The van der Waals surface area contributed by atoms with Gasteiger partial charge in [0.15, 0.2) is 12.3 Å². The Morgan fingerprint density at radius 2 is 1.72 bits per heavy atom. The van der Waals surface area contributed by atoms with Gasteiger partial charge in [-0.2, -0.15) is 0 Å². The molecule has 0 radical (unpaired) electrons. The largest absolute Gasteiger partial charge is 0.484 e. The van der Waals surface area contributed by atoms with Gasteiger partial charge in [0.1, 0.15) is 23.8 Å². The number of amides is 2. The predicted molar refractivity (Wildman–Crippen MR) is 156 cm³/mol. The fraction of sp³-hybridized carbons (Fsp3) is 0.172. The first kappa shape index (κ1) is 31.0. The highest BCUT2D eigenvalue weighted by atomic mass is 33.1. The first-order valence-corrected chi connectivity index (χ1v) is 15.5. The number of para-hydroxylation sites is 1. The van der Waals surface area contributed by atoms with Crippen LogP contribution < -0.4 is 10.1 Å². The molecule has 1 saturated heterocycles. The highest BCUT2D eigenvalue weighted by molar-refractivity contribution is 8.72. The fourth-order valence-corrected chi connectivity index (χ4v) is 7.36. The molecule has 222 valence electrons. The van der Waals surface area contributed by atoms with E-state index in [1.165, 1.54) is 36.4 Å². The standard InChI is InChI=1S/C29H25N3O9S2/c1-3-24(29(35)41-17-20-11-13-21(14-12-20)32(36)37)31-27(34)26(30-25(33)18-40-22-7-5-4-6-8-22)28(31)42-43(38,39)23-15-9-19(2)10-16-23/h4-16,26,28H,1,17-18H2,2H3,(H,30,33)/t26-,28-/m1/s1. The number of hydrogen-bond donors (Lipinski definition) is 1. The summed E-state index contributed by atoms with van der Waals surface area (Å²) in [6, 6.07) is 18.5. The van der Waals surface area contributed by atoms with Crippen LogP contribution in [-0.4, -0.2) is 54.0 Å². The molecule has 0 bridgehead atoms. The van der Waals surface area contributed by atoms with Crippen molar-refractivity contribution in [3.8, 4) is 5.75 Å². The Hall–Kier alpha value is -4.91. The maximum atomic E-state index is 13.3. The Labute approximate surface area is 250 Å². The first-order chi connectivity index (χ1) is 20.5. The van der Waals surface area contributed by atoms with Crippen molar-refractivity contribution in [2.24, 2.45) is 0 Å². The summed E-state index contributed by atoms with van der Waals surface area (Å²) < 4.78 is 37.2. The Morgan fingerprint density at radius 3 is 2.33 bits per heavy atom. The molecule has 14 heteroatoms. The number of hydrogen-bond acceptors (Lipinski definition) is 10. The number of carbonyl (C=O) groups excluding carboxylic acids is 3. The number of carbonyl (C=O) groups is 3. The number of nitrogens with one attached hydrogen (secondary N) is 1. The zero-order valence-electron chi connectivity index (χ0n) is 22.7. The van der Waals surface area contributed by atoms with Gasteiger partial charge in [0, 0.05) is 22.9 Å². The molecule has 4 rings (SSSR count). The molecule has 1 aliphatic rings. The lowest BCUT2D eigenvalue weighted by atomic mass is 10.1. The predicted octanol–water partition coefficient (Wildman–Crippen LogP) is 3.47. The topological polar surface area (TPSA) is 162 Å². The number of likely N-dealkylation sites (tertiary alicyclic amines) is 1. The third kappa shape index (κ3) is 7.49. The van der Waals surface area contributed by atoms with Gasteiger partial charge in [-0.05, 0) is 48.9 Å². The van der Waals surface area contributed by atoms with E-state index in [9.17, 15) is 32.9 Å². The fourth-order valence-electron chi connectivity index (χ4n) is 3.89. The molecule has 2 amide bonds. The molecule has 1 N–H and O–H groups in total. The van der Waals surface area contributed by atoms with E-state index in [4.69, 9.17) is 9.47 Å². The van der Waals surface area contributed by atoms with E-state index in [1.54, 1.807) is 49.4 Å². The number of esters is 1. The van der Waals surface area contributed by atoms with Crippen molar-refractivity contribution in [3.05, 3.63) is 118 Å². The minimum atomic E-state index is -4.08. The van der Waals surface area contributed by atoms with Crippen LogP contribution in [0.2, 0.25) is 0 Å². The van der Waals surface area contributed by atoms with Crippen LogP contribution >= 0.6 is 10.8 Å². The molecule has 2 atom stereocenters. The van der Waals surface area contributed by atoms with E-state index >= 15 is 0 Å². The van der Waals surface area contributed by atoms with Crippen LogP contribution in [0.3, 0.4) is 0 Å². The molecular weight excluding hydrogens is 598 g/mol. The monoisotopic (exact) mass is 623 g/mol. The summed E-state index contributed by atoms with van der Waals surface area (Å²) in [6.45, 7) is 4.50. The molecule has 12 nitrogen and oxygen atoms in total. The maximum Gasteiger partial charge on any atom is 0.363 e. The molecule has 43 heavy (non-hydrogen) atoms. The molecule has 0 unspecified atom stereocenters. The van der Waals surface area contributed by atoms with Crippen LogP contribution in [-0.2, 0) is 34.6 Å². The summed E-state index contributed by atoms with van der Waals surface area (Å²) in [5, 5.41) is 12.1. The van der Waals surface area contributed by atoms with Crippen molar-refractivity contribution in [1.29, 1.82) is 0 Å². The van der Waals surface area contributed by atoms with Crippen LogP contribution in [0.25, 0.3) is 0 Å². The lowest BCUT2D eigenvalue weighted by Crippen LogP contribution is -2.69. The highest BCUT2D eigenvalue weighted by Gasteiger charge is 2.54. The van der Waals surface area contributed by atoms with Crippen molar-refractivity contribution in [2.45, 2.75) is 29.8 Å². The number of β-lactam (4-membered cyclic amide) rings is 1. The molecule has 3 aromatic carbocycles. The molecule has 1 heterocycles. The quantitative estimate of drug-likeness (QED) is 0.0601. The summed E-state index contributed by atoms with van der Waals surface area (Å²) in [6.07, 6.45) is 0. The molecular formula is C29H25N3O9S2. The number of nitrogens with zero attached hydrogens (tertiary/aromatic N) is 2. The molecule has 1 fully saturated rings. The summed E-state index contributed by atoms with van der Waals surface area (Å²) >= 11 is 0. The second kappa shape index (κ2) is 13.4. The van der Waals surface area contributed by atoms with E-state index < -0.39 is 55.3 Å². The van der Waals surface area contributed by atoms with Gasteiger partial charge in [-0.1, -0.05) is 48.2 Å². The molecule has 0 aromatic heterocycles. The maximum absolute atomic E-state index is 13.3. The summed E-state index contributed by atoms with van der Waals surface area (Å²) in [7, 11) is -3.71. The smallest absolute Gasteiger partial charge is 0.363 e. The average molecular weight is 624 g/mol. The summed E-state index contributed by atoms with van der Waals surface area (Å²) in [5.41, 5.74) is 2.99. The van der Waals surface area contributed by atoms with Crippen LogP contribution in [0.4, 0.5) is 5.69 Å². The number of benzene rings is 3. The third-order valence-corrected chi connectivity index (χ3v) is 9.84. The van der Waals surface area contributed by atoms with Gasteiger partial charge >= 0.3 is 5.97 Å². The number of nitro benzene ring substituents is 1. The second-order valence-corrected chi connectivity index (χ2v) is 13.1. The number of non-ortho nitro benzene ring substituents is 1. The van der Waals surface area contributed by atoms with Crippen molar-refractivity contribution in [1.82, 2.24) is 10.2 Å². The van der Waals surface area contributed by atoms with E-state index in [2.05, 4.69) is 17.6 Å². The van der Waals surface area contributed by atoms with Crippen LogP contribution in [0.1, 0.15) is 11.1 Å². The van der Waals surface area contributed by atoms with E-state index in [0.717, 1.165) is 10.5 Å². The van der Waals surface area contributed by atoms with Gasteiger partial charge in [-0.15, -0.1) is 0 Å². The normalized spacial score (nSPS) is 15.9. The molecule has 0 aliphatic carbocycles. The number of ether oxygens (including phenoxy) is 2. The van der Waals surface area contributed by atoms with Crippen LogP contribution in [0.5, 0.6) is 5.75 Å². The van der Waals surface area contributed by atoms with Crippen molar-refractivity contribution < 1.29 is 37.2 Å². The van der Waals surface area contributed by atoms with Crippen molar-refractivity contribution in [3.63, 3.8) is 0 Å². The molecule has 0 spiro atoms. The van der Waals surface area contributed by atoms with E-state index in [0.29, 0.717) is 22.1 Å². The Balaban J connectivity index is 1.52. The minimum absolute atomic E-state index is 0.0373. The number of aryl methyl sites for hydroxylation is 1. The van der Waals surface area contributed by atoms with Gasteiger partial charge in [0.25, 0.3) is 17.5 Å². The molecule has 0 saturated carbocycles.